The number of imide groups is 1. The van der Waals surface area contributed by atoms with Crippen LogP contribution in [0.4, 0.5) is 10.5 Å². The molecule has 33 heavy (non-hydrogen) atoms. The molecule has 8 nitrogen and oxygen atoms in total. The van der Waals surface area contributed by atoms with Crippen LogP contribution in [0.25, 0.3) is 10.2 Å². The van der Waals surface area contributed by atoms with Crippen LogP contribution in [0.5, 0.6) is 11.5 Å². The molecular weight excluding hydrogens is 440 g/mol. The van der Waals surface area contributed by atoms with Gasteiger partial charge in [-0.1, -0.05) is 12.1 Å². The maximum atomic E-state index is 12.7. The molecule has 0 saturated carbocycles. The van der Waals surface area contributed by atoms with Gasteiger partial charge in [-0.25, -0.2) is 9.78 Å². The van der Waals surface area contributed by atoms with E-state index in [2.05, 4.69) is 21.6 Å². The number of carbonyl (C=O) groups excluding carboxylic acids is 2. The molecule has 0 aliphatic carbocycles. The number of nitrogens with one attached hydrogen (secondary N) is 2. The summed E-state index contributed by atoms with van der Waals surface area (Å²) in [6, 6.07) is 12.4. The lowest BCUT2D eigenvalue weighted by Crippen LogP contribution is -2.50. The number of urea groups is 1. The highest BCUT2D eigenvalue weighted by molar-refractivity contribution is 7.18. The Morgan fingerprint density at radius 1 is 1.09 bits per heavy atom. The van der Waals surface area contributed by atoms with E-state index >= 15 is 0 Å². The lowest BCUT2D eigenvalue weighted by atomic mass is 9.96. The monoisotopic (exact) mass is 466 g/mol. The average Bonchev–Trinajstić information content (AvgIpc) is 3.28. The largest absolute Gasteiger partial charge is 0.486 e. The first-order valence-electron chi connectivity index (χ1n) is 11.2. The number of ether oxygens (including phenoxy) is 2. The Balaban J connectivity index is 1.13. The van der Waals surface area contributed by atoms with Crippen molar-refractivity contribution < 1.29 is 19.1 Å². The molecule has 2 aliphatic rings. The van der Waals surface area contributed by atoms with Gasteiger partial charge in [-0.2, -0.15) is 0 Å². The number of fused-ring (bicyclic) bond motifs is 2. The first kappa shape index (κ1) is 21.7. The van der Waals surface area contributed by atoms with E-state index in [0.717, 1.165) is 31.4 Å². The number of hydrogen-bond donors (Lipinski definition) is 2. The molecule has 0 radical (unpaired) electrons. The number of nitrogens with zero attached hydrogens (tertiary/aromatic N) is 2. The molecule has 1 saturated heterocycles. The van der Waals surface area contributed by atoms with E-state index in [9.17, 15) is 9.59 Å². The Hall–Kier alpha value is -3.17. The number of hydrogen-bond acceptors (Lipinski definition) is 7. The number of piperidine rings is 1. The highest BCUT2D eigenvalue weighted by Gasteiger charge is 2.29. The molecule has 2 N–H and O–H groups in total. The van der Waals surface area contributed by atoms with Crippen molar-refractivity contribution in [2.24, 2.45) is 0 Å². The number of likely N-dealkylation sites (tertiary alicyclic amines) is 1. The van der Waals surface area contributed by atoms with Gasteiger partial charge >= 0.3 is 6.03 Å². The topological polar surface area (TPSA) is 92.8 Å². The number of anilines is 1. The van der Waals surface area contributed by atoms with Gasteiger partial charge in [0.2, 0.25) is 5.91 Å². The van der Waals surface area contributed by atoms with Gasteiger partial charge in [0.15, 0.2) is 11.5 Å². The van der Waals surface area contributed by atoms with Crippen LogP contribution >= 0.6 is 11.3 Å². The van der Waals surface area contributed by atoms with Crippen LogP contribution in [-0.2, 0) is 4.79 Å². The summed E-state index contributed by atoms with van der Waals surface area (Å²) in [5, 5.41) is 6.32. The van der Waals surface area contributed by atoms with E-state index in [1.54, 1.807) is 29.5 Å². The molecule has 9 heteroatoms. The van der Waals surface area contributed by atoms with E-state index < -0.39 is 12.1 Å². The van der Waals surface area contributed by atoms with Gasteiger partial charge in [-0.05, 0) is 57.1 Å². The van der Waals surface area contributed by atoms with Crippen molar-refractivity contribution in [2.45, 2.75) is 31.7 Å². The standard InChI is InChI=1S/C24H26N4O4S/c1-15(22(29)27-24(30)25-17-6-7-19-20(14-17)32-13-12-31-19)28-10-8-16(9-11-28)23-26-18-4-2-3-5-21(18)33-23/h2-7,14-16H,8-13H2,1H3,(H2,25,27,29,30). The third kappa shape index (κ3) is 4.79. The second kappa shape index (κ2) is 9.36. The molecule has 2 aromatic carbocycles. The number of carbonyl (C=O) groups is 2. The fourth-order valence-electron chi connectivity index (χ4n) is 4.26. The summed E-state index contributed by atoms with van der Waals surface area (Å²) >= 11 is 1.76. The first-order chi connectivity index (χ1) is 16.1. The highest BCUT2D eigenvalue weighted by atomic mass is 32.1. The van der Waals surface area contributed by atoms with Gasteiger partial charge in [0, 0.05) is 17.7 Å². The van der Waals surface area contributed by atoms with Gasteiger partial charge in [0.25, 0.3) is 0 Å². The maximum Gasteiger partial charge on any atom is 0.325 e. The Morgan fingerprint density at radius 3 is 2.64 bits per heavy atom. The molecule has 0 spiro atoms. The molecule has 172 valence electrons. The molecule has 1 aromatic heterocycles. The number of thiazole rings is 1. The van der Waals surface area contributed by atoms with E-state index in [4.69, 9.17) is 14.5 Å². The molecule has 1 unspecified atom stereocenters. The van der Waals surface area contributed by atoms with E-state index in [-0.39, 0.29) is 5.91 Å². The van der Waals surface area contributed by atoms with Crippen LogP contribution in [0.1, 0.15) is 30.7 Å². The second-order valence-electron chi connectivity index (χ2n) is 8.31. The van der Waals surface area contributed by atoms with Crippen molar-refractivity contribution in [3.63, 3.8) is 0 Å². The zero-order valence-corrected chi connectivity index (χ0v) is 19.2. The minimum atomic E-state index is -0.562. The summed E-state index contributed by atoms with van der Waals surface area (Å²) in [5.74, 6) is 1.32. The number of benzene rings is 2. The van der Waals surface area contributed by atoms with Crippen molar-refractivity contribution in [1.29, 1.82) is 0 Å². The van der Waals surface area contributed by atoms with Crippen molar-refractivity contribution in [3.05, 3.63) is 47.5 Å². The summed E-state index contributed by atoms with van der Waals surface area (Å²) in [6.07, 6.45) is 1.89. The first-order valence-corrected chi connectivity index (χ1v) is 12.0. The van der Waals surface area contributed by atoms with E-state index in [1.165, 1.54) is 9.71 Å². The Labute approximate surface area is 195 Å². The highest BCUT2D eigenvalue weighted by Crippen LogP contribution is 2.34. The van der Waals surface area contributed by atoms with Crippen molar-refractivity contribution in [3.8, 4) is 11.5 Å². The lowest BCUT2D eigenvalue weighted by Gasteiger charge is -2.34. The molecule has 1 atom stereocenters. The lowest BCUT2D eigenvalue weighted by molar-refractivity contribution is -0.125. The summed E-state index contributed by atoms with van der Waals surface area (Å²) in [5.41, 5.74) is 1.59. The molecule has 5 rings (SSSR count). The minimum absolute atomic E-state index is 0.316. The SMILES string of the molecule is CC(C(=O)NC(=O)Nc1ccc2c(c1)OCCO2)N1CCC(c2nc3ccccc3s2)CC1. The second-order valence-corrected chi connectivity index (χ2v) is 9.37. The molecule has 3 aromatic rings. The smallest absolute Gasteiger partial charge is 0.325 e. The van der Waals surface area contributed by atoms with Crippen molar-refractivity contribution in [2.75, 3.05) is 31.6 Å². The van der Waals surface area contributed by atoms with Gasteiger partial charge < -0.3 is 14.8 Å². The zero-order chi connectivity index (χ0) is 22.8. The molecule has 3 heterocycles. The fraction of sp³-hybridized carbons (Fsp3) is 0.375. The van der Waals surface area contributed by atoms with Gasteiger partial charge in [-0.15, -0.1) is 11.3 Å². The number of amides is 3. The fourth-order valence-corrected chi connectivity index (χ4v) is 5.40. The van der Waals surface area contributed by atoms with Crippen molar-refractivity contribution in [1.82, 2.24) is 15.2 Å². The van der Waals surface area contributed by atoms with Crippen LogP contribution < -0.4 is 20.1 Å². The van der Waals surface area contributed by atoms with Crippen LogP contribution in [-0.4, -0.2) is 54.2 Å². The number of rotatable bonds is 4. The van der Waals surface area contributed by atoms with E-state index in [0.29, 0.717) is 36.3 Å². The third-order valence-electron chi connectivity index (χ3n) is 6.15. The molecule has 0 bridgehead atoms. The van der Waals surface area contributed by atoms with Gasteiger partial charge in [-0.3, -0.25) is 15.0 Å². The van der Waals surface area contributed by atoms with Crippen LogP contribution in [0.3, 0.4) is 0 Å². The predicted molar refractivity (Wildman–Crippen MR) is 127 cm³/mol. The van der Waals surface area contributed by atoms with Crippen LogP contribution in [0.2, 0.25) is 0 Å². The maximum absolute atomic E-state index is 12.7. The Kier molecular flexibility index (Phi) is 6.15. The summed E-state index contributed by atoms with van der Waals surface area (Å²) in [4.78, 5) is 32.0. The molecule has 3 amide bonds. The van der Waals surface area contributed by atoms with Crippen LogP contribution in [0, 0.1) is 0 Å². The average molecular weight is 467 g/mol. The molecular formula is C24H26N4O4S. The Morgan fingerprint density at radius 2 is 1.85 bits per heavy atom. The quantitative estimate of drug-likeness (QED) is 0.604. The summed E-state index contributed by atoms with van der Waals surface area (Å²) in [6.45, 7) is 4.39. The van der Waals surface area contributed by atoms with Crippen molar-refractivity contribution >= 4 is 39.2 Å². The summed E-state index contributed by atoms with van der Waals surface area (Å²) < 4.78 is 12.2. The minimum Gasteiger partial charge on any atom is -0.486 e. The van der Waals surface area contributed by atoms with Gasteiger partial charge in [0.1, 0.15) is 13.2 Å². The molecule has 1 fully saturated rings. The summed E-state index contributed by atoms with van der Waals surface area (Å²) in [7, 11) is 0. The van der Waals surface area contributed by atoms with Gasteiger partial charge in [0.05, 0.1) is 21.3 Å². The third-order valence-corrected chi connectivity index (χ3v) is 7.35. The number of para-hydroxylation sites is 1. The number of aromatic nitrogens is 1. The zero-order valence-electron chi connectivity index (χ0n) is 18.4. The van der Waals surface area contributed by atoms with E-state index in [1.807, 2.05) is 25.1 Å². The molecule has 2 aliphatic heterocycles. The Bertz CT molecular complexity index is 1140. The predicted octanol–water partition coefficient (Wildman–Crippen LogP) is 3.98. The van der Waals surface area contributed by atoms with Crippen LogP contribution in [0.15, 0.2) is 42.5 Å². The normalized spacial score (nSPS) is 17.5.